The number of aryl methyl sites for hydroxylation is 1. The van der Waals surface area contributed by atoms with Gasteiger partial charge in [0.05, 0.1) is 29.5 Å². The lowest BCUT2D eigenvalue weighted by molar-refractivity contribution is -0.0295. The van der Waals surface area contributed by atoms with Gasteiger partial charge in [0.1, 0.15) is 5.82 Å². The van der Waals surface area contributed by atoms with Crippen molar-refractivity contribution >= 4 is 16.8 Å². The molecule has 1 aromatic carbocycles. The molecule has 1 aromatic heterocycles. The monoisotopic (exact) mass is 359 g/mol. The minimum Gasteiger partial charge on any atom is -0.374 e. The smallest absolute Gasteiger partial charge is 0.253 e. The summed E-state index contributed by atoms with van der Waals surface area (Å²) in [6, 6.07) is 6.16. The van der Waals surface area contributed by atoms with Gasteiger partial charge in [0.2, 0.25) is 0 Å². The third-order valence-corrected chi connectivity index (χ3v) is 4.55. The molecular weight excluding hydrogens is 333 g/mol. The number of amides is 1. The molecule has 2 aromatic rings. The molecule has 5 nitrogen and oxygen atoms in total. The van der Waals surface area contributed by atoms with Crippen molar-refractivity contribution in [3.8, 4) is 0 Å². The lowest BCUT2D eigenvalue weighted by atomic mass is 10.1. The van der Waals surface area contributed by atoms with Crippen molar-refractivity contribution < 1.29 is 13.9 Å². The fourth-order valence-corrected chi connectivity index (χ4v) is 3.35. The molecule has 0 radical (unpaired) electrons. The molecule has 0 bridgehead atoms. The van der Waals surface area contributed by atoms with Crippen LogP contribution in [0.3, 0.4) is 0 Å². The van der Waals surface area contributed by atoms with E-state index in [9.17, 15) is 9.18 Å². The second kappa shape index (κ2) is 8.10. The van der Waals surface area contributed by atoms with Gasteiger partial charge in [-0.05, 0) is 31.0 Å². The Balaban J connectivity index is 1.64. The number of pyridine rings is 1. The summed E-state index contributed by atoms with van der Waals surface area (Å²) in [4.78, 5) is 19.3. The maximum Gasteiger partial charge on any atom is 0.253 e. The Morgan fingerprint density at radius 1 is 1.42 bits per heavy atom. The molecule has 6 heteroatoms. The van der Waals surface area contributed by atoms with Gasteiger partial charge < -0.3 is 10.1 Å². The Morgan fingerprint density at radius 3 is 3.00 bits per heavy atom. The number of fused-ring (bicyclic) bond motifs is 1. The van der Waals surface area contributed by atoms with Gasteiger partial charge in [-0.15, -0.1) is 0 Å². The number of carbonyl (C=O) groups excluding carboxylic acids is 1. The third kappa shape index (κ3) is 4.56. The van der Waals surface area contributed by atoms with Crippen LogP contribution in [0.25, 0.3) is 10.9 Å². The first-order valence-electron chi connectivity index (χ1n) is 9.11. The van der Waals surface area contributed by atoms with Crippen molar-refractivity contribution in [1.29, 1.82) is 0 Å². The number of ether oxygens (including phenoxy) is 1. The van der Waals surface area contributed by atoms with E-state index >= 15 is 0 Å². The van der Waals surface area contributed by atoms with Crippen LogP contribution in [0, 0.1) is 18.7 Å². The van der Waals surface area contributed by atoms with E-state index in [0.29, 0.717) is 35.8 Å². The summed E-state index contributed by atoms with van der Waals surface area (Å²) in [5, 5.41) is 3.70. The quantitative estimate of drug-likeness (QED) is 0.892. The highest BCUT2D eigenvalue weighted by atomic mass is 19.1. The van der Waals surface area contributed by atoms with Crippen molar-refractivity contribution in [1.82, 2.24) is 15.2 Å². The van der Waals surface area contributed by atoms with Gasteiger partial charge in [0.15, 0.2) is 0 Å². The maximum absolute atomic E-state index is 13.3. The molecule has 1 atom stereocenters. The van der Waals surface area contributed by atoms with Crippen molar-refractivity contribution in [2.75, 3.05) is 32.8 Å². The van der Waals surface area contributed by atoms with Crippen LogP contribution in [0.2, 0.25) is 0 Å². The number of aromatic nitrogens is 1. The van der Waals surface area contributed by atoms with E-state index in [1.807, 2.05) is 0 Å². The number of nitrogens with zero attached hydrogens (tertiary/aromatic N) is 2. The minimum atomic E-state index is -0.331. The number of carbonyl (C=O) groups is 1. The molecule has 1 N–H and O–H groups in total. The lowest BCUT2D eigenvalue weighted by Crippen LogP contribution is -2.48. The zero-order valence-corrected chi connectivity index (χ0v) is 15.6. The van der Waals surface area contributed by atoms with Gasteiger partial charge in [-0.25, -0.2) is 4.39 Å². The third-order valence-electron chi connectivity index (χ3n) is 4.55. The number of morpholine rings is 1. The van der Waals surface area contributed by atoms with E-state index in [2.05, 4.69) is 29.0 Å². The van der Waals surface area contributed by atoms with E-state index in [0.717, 1.165) is 25.0 Å². The Bertz CT molecular complexity index is 794. The van der Waals surface area contributed by atoms with E-state index in [4.69, 9.17) is 4.74 Å². The van der Waals surface area contributed by atoms with E-state index in [1.165, 1.54) is 12.1 Å². The molecule has 0 spiro atoms. The zero-order chi connectivity index (χ0) is 18.7. The van der Waals surface area contributed by atoms with Crippen LogP contribution in [0.15, 0.2) is 24.3 Å². The average molecular weight is 359 g/mol. The highest BCUT2D eigenvalue weighted by molar-refractivity contribution is 5.98. The summed E-state index contributed by atoms with van der Waals surface area (Å²) < 4.78 is 19.1. The van der Waals surface area contributed by atoms with Crippen LogP contribution in [-0.4, -0.2) is 54.7 Å². The molecule has 1 fully saturated rings. The molecular formula is C20H26FN3O2. The summed E-state index contributed by atoms with van der Waals surface area (Å²) in [5.41, 5.74) is 1.66. The molecule has 1 saturated heterocycles. The van der Waals surface area contributed by atoms with Crippen LogP contribution in [-0.2, 0) is 4.74 Å². The lowest BCUT2D eigenvalue weighted by Gasteiger charge is -2.34. The Morgan fingerprint density at radius 2 is 2.23 bits per heavy atom. The standard InChI is InChI=1S/C20H26FN3O2/c1-13(2)11-24-6-7-26-17(12-24)10-22-20(25)18-8-15-4-5-16(21)9-19(15)23-14(18)3/h4-5,8-9,13,17H,6-7,10-12H2,1-3H3,(H,22,25). The summed E-state index contributed by atoms with van der Waals surface area (Å²) in [5.74, 6) is 0.104. The molecule has 1 amide bonds. The largest absolute Gasteiger partial charge is 0.374 e. The number of halogens is 1. The van der Waals surface area contributed by atoms with Crippen molar-refractivity contribution in [3.05, 3.63) is 41.3 Å². The van der Waals surface area contributed by atoms with Crippen LogP contribution in [0.4, 0.5) is 4.39 Å². The topological polar surface area (TPSA) is 54.5 Å². The number of rotatable bonds is 5. The molecule has 1 aliphatic rings. The molecule has 1 unspecified atom stereocenters. The Hall–Kier alpha value is -2.05. The fraction of sp³-hybridized carbons (Fsp3) is 0.500. The molecule has 140 valence electrons. The van der Waals surface area contributed by atoms with Gasteiger partial charge in [-0.1, -0.05) is 13.8 Å². The van der Waals surface area contributed by atoms with E-state index < -0.39 is 0 Å². The first kappa shape index (κ1) is 18.7. The number of hydrogen-bond donors (Lipinski definition) is 1. The summed E-state index contributed by atoms with van der Waals surface area (Å²) in [6.07, 6.45) is -0.00531. The molecule has 26 heavy (non-hydrogen) atoms. The molecule has 1 aliphatic heterocycles. The van der Waals surface area contributed by atoms with Crippen LogP contribution in [0.5, 0.6) is 0 Å². The molecule has 0 aliphatic carbocycles. The highest BCUT2D eigenvalue weighted by Gasteiger charge is 2.22. The summed E-state index contributed by atoms with van der Waals surface area (Å²) in [7, 11) is 0. The summed E-state index contributed by atoms with van der Waals surface area (Å²) in [6.45, 7) is 10.1. The van der Waals surface area contributed by atoms with Gasteiger partial charge in [-0.3, -0.25) is 14.7 Å². The fourth-order valence-electron chi connectivity index (χ4n) is 3.35. The average Bonchev–Trinajstić information content (AvgIpc) is 2.58. The second-order valence-electron chi connectivity index (χ2n) is 7.31. The SMILES string of the molecule is Cc1nc2cc(F)ccc2cc1C(=O)NCC1CN(CC(C)C)CCO1. The molecule has 3 rings (SSSR count). The first-order valence-corrected chi connectivity index (χ1v) is 9.11. The molecule has 2 heterocycles. The molecule has 0 saturated carbocycles. The van der Waals surface area contributed by atoms with Crippen molar-refractivity contribution in [2.45, 2.75) is 26.9 Å². The second-order valence-corrected chi connectivity index (χ2v) is 7.31. The zero-order valence-electron chi connectivity index (χ0n) is 15.6. The maximum atomic E-state index is 13.3. The van der Waals surface area contributed by atoms with Crippen molar-refractivity contribution in [3.63, 3.8) is 0 Å². The number of benzene rings is 1. The van der Waals surface area contributed by atoms with Crippen LogP contribution < -0.4 is 5.32 Å². The van der Waals surface area contributed by atoms with Crippen LogP contribution in [0.1, 0.15) is 29.9 Å². The minimum absolute atomic E-state index is 0.00531. The van der Waals surface area contributed by atoms with Gasteiger partial charge in [0, 0.05) is 37.6 Å². The normalized spacial score (nSPS) is 18.4. The predicted molar refractivity (Wildman–Crippen MR) is 99.8 cm³/mol. The Labute approximate surface area is 153 Å². The van der Waals surface area contributed by atoms with E-state index in [1.54, 1.807) is 19.1 Å². The predicted octanol–water partition coefficient (Wildman–Crippen LogP) is 2.77. The van der Waals surface area contributed by atoms with Crippen LogP contribution >= 0.6 is 0 Å². The first-order chi connectivity index (χ1) is 12.4. The van der Waals surface area contributed by atoms with Crippen molar-refractivity contribution in [2.24, 2.45) is 5.92 Å². The summed E-state index contributed by atoms with van der Waals surface area (Å²) >= 11 is 0. The van der Waals surface area contributed by atoms with Gasteiger partial charge in [-0.2, -0.15) is 0 Å². The van der Waals surface area contributed by atoms with Gasteiger partial charge in [0.25, 0.3) is 5.91 Å². The van der Waals surface area contributed by atoms with E-state index in [-0.39, 0.29) is 17.8 Å². The highest BCUT2D eigenvalue weighted by Crippen LogP contribution is 2.18. The van der Waals surface area contributed by atoms with Gasteiger partial charge >= 0.3 is 0 Å². The number of nitrogens with one attached hydrogen (secondary N) is 1. The number of hydrogen-bond acceptors (Lipinski definition) is 4. The Kier molecular flexibility index (Phi) is 5.84.